The number of nitrogens with one attached hydrogen (secondary N) is 3. The van der Waals surface area contributed by atoms with Gasteiger partial charge in [-0.15, -0.1) is 0 Å². The van der Waals surface area contributed by atoms with Crippen molar-refractivity contribution in [2.45, 2.75) is 18.9 Å². The molecule has 1 aliphatic heterocycles. The minimum absolute atomic E-state index is 0.455. The monoisotopic (exact) mass is 359 g/mol. The van der Waals surface area contributed by atoms with E-state index in [-0.39, 0.29) is 0 Å². The summed E-state index contributed by atoms with van der Waals surface area (Å²) in [6.45, 7) is 2.07. The fraction of sp³-hybridized carbons (Fsp3) is 0.312. The number of halogens is 1. The van der Waals surface area contributed by atoms with E-state index in [0.717, 1.165) is 47.0 Å². The molecule has 3 N–H and O–H groups in total. The lowest BCUT2D eigenvalue weighted by atomic mass is 10.1. The normalized spacial score (nSPS) is 16.7. The second-order valence-corrected chi connectivity index (χ2v) is 6.15. The van der Waals surface area contributed by atoms with Gasteiger partial charge < -0.3 is 16.0 Å². The highest BCUT2D eigenvalue weighted by Crippen LogP contribution is 2.22. The Labute approximate surface area is 137 Å². The molecule has 3 rings (SSSR count). The van der Waals surface area contributed by atoms with Gasteiger partial charge in [0.25, 0.3) is 0 Å². The van der Waals surface area contributed by atoms with Crippen LogP contribution in [0.3, 0.4) is 0 Å². The number of para-hydroxylation sites is 1. The molecule has 6 heteroatoms. The molecule has 0 radical (unpaired) electrons. The Morgan fingerprint density at radius 1 is 1.36 bits per heavy atom. The molecule has 1 fully saturated rings. The Kier molecular flexibility index (Phi) is 4.80. The van der Waals surface area contributed by atoms with Crippen LogP contribution in [-0.4, -0.2) is 35.3 Å². The summed E-state index contributed by atoms with van der Waals surface area (Å²) in [4.78, 5) is 9.06. The summed E-state index contributed by atoms with van der Waals surface area (Å²) in [5.74, 6) is 0. The molecule has 1 aromatic heterocycles. The third kappa shape index (κ3) is 3.34. The topological polar surface area (TPSA) is 73.7 Å². The maximum atomic E-state index is 7.65. The third-order valence-corrected chi connectivity index (χ3v) is 4.43. The molecule has 0 spiro atoms. The fourth-order valence-corrected chi connectivity index (χ4v) is 2.97. The minimum atomic E-state index is 0.455. The first kappa shape index (κ1) is 15.1. The van der Waals surface area contributed by atoms with E-state index in [1.807, 2.05) is 24.4 Å². The van der Waals surface area contributed by atoms with Gasteiger partial charge in [0.1, 0.15) is 5.52 Å². The molecule has 22 heavy (non-hydrogen) atoms. The van der Waals surface area contributed by atoms with Crippen LogP contribution in [0.1, 0.15) is 18.5 Å². The number of fused-ring (bicyclic) bond motifs is 1. The van der Waals surface area contributed by atoms with Gasteiger partial charge in [-0.1, -0.05) is 6.07 Å². The highest BCUT2D eigenvalue weighted by molar-refractivity contribution is 9.10. The maximum absolute atomic E-state index is 7.65. The standard InChI is InChI=1S/C16H18BrN5/c17-13-2-1-3-14-16(13)22-15(10-21-14)11(8-18)9-20-12-4-6-19-7-5-12/h1-3,8-10,12,18-20H,4-7H2/b11-9+,18-8?. The van der Waals surface area contributed by atoms with Gasteiger partial charge in [-0.3, -0.25) is 4.98 Å². The van der Waals surface area contributed by atoms with Crippen molar-refractivity contribution in [3.63, 3.8) is 0 Å². The van der Waals surface area contributed by atoms with Gasteiger partial charge in [0, 0.05) is 28.5 Å². The summed E-state index contributed by atoms with van der Waals surface area (Å²) < 4.78 is 0.912. The van der Waals surface area contributed by atoms with E-state index in [2.05, 4.69) is 36.5 Å². The molecular formula is C16H18BrN5. The summed E-state index contributed by atoms with van der Waals surface area (Å²) in [5, 5.41) is 14.4. The van der Waals surface area contributed by atoms with E-state index in [9.17, 15) is 0 Å². The molecule has 114 valence electrons. The molecule has 1 saturated heterocycles. The summed E-state index contributed by atoms with van der Waals surface area (Å²) in [6, 6.07) is 6.27. The van der Waals surface area contributed by atoms with Gasteiger partial charge in [0.05, 0.1) is 17.4 Å². The van der Waals surface area contributed by atoms with Crippen LogP contribution in [-0.2, 0) is 0 Å². The summed E-state index contributed by atoms with van der Waals surface area (Å²) in [5.41, 5.74) is 3.10. The first-order chi connectivity index (χ1) is 10.8. The van der Waals surface area contributed by atoms with E-state index >= 15 is 0 Å². The molecule has 5 nitrogen and oxygen atoms in total. The quantitative estimate of drug-likeness (QED) is 0.733. The lowest BCUT2D eigenvalue weighted by Crippen LogP contribution is -2.37. The minimum Gasteiger partial charge on any atom is -0.387 e. The Bertz CT molecular complexity index is 707. The van der Waals surface area contributed by atoms with Crippen molar-refractivity contribution >= 4 is 38.8 Å². The molecule has 0 aliphatic carbocycles. The summed E-state index contributed by atoms with van der Waals surface area (Å²) in [6.07, 6.45) is 7.11. The smallest absolute Gasteiger partial charge is 0.104 e. The number of hydrogen-bond acceptors (Lipinski definition) is 5. The largest absolute Gasteiger partial charge is 0.387 e. The molecule has 2 heterocycles. The Balaban J connectivity index is 1.86. The molecule has 1 aliphatic rings. The van der Waals surface area contributed by atoms with E-state index in [1.54, 1.807) is 6.20 Å². The Morgan fingerprint density at radius 3 is 2.95 bits per heavy atom. The number of benzene rings is 1. The highest BCUT2D eigenvalue weighted by atomic mass is 79.9. The third-order valence-electron chi connectivity index (χ3n) is 3.79. The van der Waals surface area contributed by atoms with Crippen LogP contribution < -0.4 is 10.6 Å². The summed E-state index contributed by atoms with van der Waals surface area (Å²) >= 11 is 3.50. The maximum Gasteiger partial charge on any atom is 0.104 e. The molecule has 0 unspecified atom stereocenters. The average Bonchev–Trinajstić information content (AvgIpc) is 2.57. The molecule has 0 bridgehead atoms. The van der Waals surface area contributed by atoms with E-state index < -0.39 is 0 Å². The molecular weight excluding hydrogens is 342 g/mol. The molecule has 0 saturated carbocycles. The molecule has 0 atom stereocenters. The van der Waals surface area contributed by atoms with Gasteiger partial charge in [-0.05, 0) is 54.0 Å². The van der Waals surface area contributed by atoms with Crippen molar-refractivity contribution in [2.75, 3.05) is 13.1 Å². The van der Waals surface area contributed by atoms with Crippen molar-refractivity contribution in [3.8, 4) is 0 Å². The van der Waals surface area contributed by atoms with Crippen LogP contribution in [0.2, 0.25) is 0 Å². The van der Waals surface area contributed by atoms with Gasteiger partial charge in [-0.2, -0.15) is 0 Å². The first-order valence-electron chi connectivity index (χ1n) is 7.37. The second kappa shape index (κ2) is 6.98. The van der Waals surface area contributed by atoms with E-state index in [4.69, 9.17) is 5.41 Å². The van der Waals surface area contributed by atoms with Crippen molar-refractivity contribution < 1.29 is 0 Å². The van der Waals surface area contributed by atoms with Gasteiger partial charge in [0.2, 0.25) is 0 Å². The summed E-state index contributed by atoms with van der Waals surface area (Å²) in [7, 11) is 0. The zero-order valence-corrected chi connectivity index (χ0v) is 13.7. The van der Waals surface area contributed by atoms with E-state index in [0.29, 0.717) is 11.7 Å². The number of nitrogens with zero attached hydrogens (tertiary/aromatic N) is 2. The van der Waals surface area contributed by atoms with Crippen LogP contribution >= 0.6 is 15.9 Å². The lowest BCUT2D eigenvalue weighted by molar-refractivity contribution is 0.420. The van der Waals surface area contributed by atoms with Crippen molar-refractivity contribution in [3.05, 3.63) is 40.8 Å². The average molecular weight is 360 g/mol. The predicted octanol–water partition coefficient (Wildman–Crippen LogP) is 2.72. The van der Waals surface area contributed by atoms with Crippen LogP contribution in [0.4, 0.5) is 0 Å². The van der Waals surface area contributed by atoms with Crippen molar-refractivity contribution in [2.24, 2.45) is 0 Å². The molecule has 1 aromatic carbocycles. The van der Waals surface area contributed by atoms with Crippen molar-refractivity contribution in [1.29, 1.82) is 5.41 Å². The van der Waals surface area contributed by atoms with Crippen LogP contribution in [0, 0.1) is 5.41 Å². The second-order valence-electron chi connectivity index (χ2n) is 5.30. The first-order valence-corrected chi connectivity index (χ1v) is 8.16. The number of rotatable bonds is 4. The highest BCUT2D eigenvalue weighted by Gasteiger charge is 2.11. The predicted molar refractivity (Wildman–Crippen MR) is 93.0 cm³/mol. The fourth-order valence-electron chi connectivity index (χ4n) is 2.52. The van der Waals surface area contributed by atoms with Crippen LogP contribution in [0.25, 0.3) is 16.6 Å². The van der Waals surface area contributed by atoms with Crippen molar-refractivity contribution in [1.82, 2.24) is 20.6 Å². The van der Waals surface area contributed by atoms with Crippen LogP contribution in [0.15, 0.2) is 35.1 Å². The van der Waals surface area contributed by atoms with Gasteiger partial charge in [0.15, 0.2) is 0 Å². The van der Waals surface area contributed by atoms with Crippen LogP contribution in [0.5, 0.6) is 0 Å². The Hall–Kier alpha value is -1.79. The lowest BCUT2D eigenvalue weighted by Gasteiger charge is -2.23. The molecule has 0 amide bonds. The number of piperidine rings is 1. The zero-order chi connectivity index (χ0) is 15.4. The van der Waals surface area contributed by atoms with E-state index in [1.165, 1.54) is 6.21 Å². The SMILES string of the molecule is N=C/C(=C\NC1CCNCC1)c1cnc2cccc(Br)c2n1. The number of aromatic nitrogens is 2. The molecule has 2 aromatic rings. The number of hydrogen-bond donors (Lipinski definition) is 3. The van der Waals surface area contributed by atoms with Gasteiger partial charge >= 0.3 is 0 Å². The zero-order valence-electron chi connectivity index (χ0n) is 12.1. The van der Waals surface area contributed by atoms with Gasteiger partial charge in [-0.25, -0.2) is 4.98 Å². The Morgan fingerprint density at radius 2 is 2.18 bits per heavy atom. The number of allylic oxidation sites excluding steroid dienone is 1.